The molecule has 6 nitrogen and oxygen atoms in total. The highest BCUT2D eigenvalue weighted by atomic mass is 16.2. The molecular formula is C24H27N5O. The quantitative estimate of drug-likeness (QED) is 0.817. The van der Waals surface area contributed by atoms with Crippen LogP contribution in [0.4, 0.5) is 0 Å². The molecule has 2 heterocycles. The highest BCUT2D eigenvalue weighted by molar-refractivity contribution is 5.85. The first-order valence-electron chi connectivity index (χ1n) is 10.6. The summed E-state index contributed by atoms with van der Waals surface area (Å²) in [5, 5.41) is 12.2. The number of rotatable bonds is 4. The first-order chi connectivity index (χ1) is 14.7. The predicted molar refractivity (Wildman–Crippen MR) is 117 cm³/mol. The highest BCUT2D eigenvalue weighted by Crippen LogP contribution is 2.37. The minimum absolute atomic E-state index is 0.0346. The number of nitrogens with zero attached hydrogens (tertiary/aromatic N) is 3. The summed E-state index contributed by atoms with van der Waals surface area (Å²) in [5.74, 6) is 0.0346. The summed E-state index contributed by atoms with van der Waals surface area (Å²) >= 11 is 0. The van der Waals surface area contributed by atoms with Crippen LogP contribution in [0.15, 0.2) is 42.1 Å². The van der Waals surface area contributed by atoms with Crippen LogP contribution in [0.25, 0.3) is 5.57 Å². The molecule has 1 saturated heterocycles. The van der Waals surface area contributed by atoms with Crippen molar-refractivity contribution in [3.63, 3.8) is 0 Å². The van der Waals surface area contributed by atoms with E-state index in [1.165, 1.54) is 27.8 Å². The van der Waals surface area contributed by atoms with E-state index in [0.717, 1.165) is 44.5 Å². The van der Waals surface area contributed by atoms with Crippen molar-refractivity contribution in [3.8, 4) is 6.07 Å². The van der Waals surface area contributed by atoms with E-state index < -0.39 is 0 Å². The number of piperidine rings is 1. The van der Waals surface area contributed by atoms with Crippen LogP contribution in [-0.2, 0) is 17.6 Å². The van der Waals surface area contributed by atoms with Crippen LogP contribution in [0.1, 0.15) is 40.8 Å². The van der Waals surface area contributed by atoms with Gasteiger partial charge in [-0.2, -0.15) is 5.26 Å². The molecule has 1 aliphatic carbocycles. The molecule has 4 rings (SSSR count). The Balaban J connectivity index is 1.64. The van der Waals surface area contributed by atoms with Gasteiger partial charge in [0.25, 0.3) is 0 Å². The molecule has 6 heteroatoms. The van der Waals surface area contributed by atoms with E-state index in [1.54, 1.807) is 0 Å². The van der Waals surface area contributed by atoms with Gasteiger partial charge in [-0.1, -0.05) is 17.7 Å². The molecule has 1 aromatic heterocycles. The minimum Gasteiger partial charge on any atom is -0.354 e. The largest absolute Gasteiger partial charge is 0.354 e. The first kappa shape index (κ1) is 20.3. The third-order valence-corrected chi connectivity index (χ3v) is 5.94. The van der Waals surface area contributed by atoms with Crippen molar-refractivity contribution >= 4 is 11.5 Å². The van der Waals surface area contributed by atoms with E-state index in [9.17, 15) is 10.1 Å². The standard InChI is InChI=1S/C24H27N5O/c25-9-11-27-22(30)16-29-12-7-18(8-13-29)23-21-6-3-17(15-26)14-20(21)5-4-19-2-1-10-28-24(19)23/h1-3,6,10,14H,4-5,7-9,11-13,16,25H2,(H,27,30). The predicted octanol–water partition coefficient (Wildman–Crippen LogP) is 2.02. The van der Waals surface area contributed by atoms with E-state index in [2.05, 4.69) is 28.4 Å². The molecule has 1 fully saturated rings. The molecule has 2 aromatic rings. The van der Waals surface area contributed by atoms with Gasteiger partial charge in [-0.25, -0.2) is 0 Å². The second-order valence-electron chi connectivity index (χ2n) is 7.89. The van der Waals surface area contributed by atoms with Crippen LogP contribution in [0, 0.1) is 11.3 Å². The van der Waals surface area contributed by atoms with E-state index >= 15 is 0 Å². The van der Waals surface area contributed by atoms with Gasteiger partial charge in [-0.05, 0) is 60.6 Å². The number of hydrogen-bond acceptors (Lipinski definition) is 5. The lowest BCUT2D eigenvalue weighted by Gasteiger charge is -2.29. The molecule has 0 bridgehead atoms. The molecule has 1 aliphatic heterocycles. The number of aryl methyl sites for hydroxylation is 2. The van der Waals surface area contributed by atoms with Crippen LogP contribution in [0.2, 0.25) is 0 Å². The SMILES string of the molecule is N#Cc1ccc2c(c1)CCc1cccnc1C2=C1CCN(CC(=O)NCCN)CC1. The fourth-order valence-electron chi connectivity index (χ4n) is 4.44. The Morgan fingerprint density at radius 3 is 2.73 bits per heavy atom. The number of fused-ring (bicyclic) bond motifs is 2. The summed E-state index contributed by atoms with van der Waals surface area (Å²) in [6.45, 7) is 3.10. The van der Waals surface area contributed by atoms with Crippen molar-refractivity contribution in [2.24, 2.45) is 5.73 Å². The molecule has 0 spiro atoms. The Morgan fingerprint density at radius 1 is 1.17 bits per heavy atom. The van der Waals surface area contributed by atoms with Crippen LogP contribution < -0.4 is 11.1 Å². The van der Waals surface area contributed by atoms with Crippen LogP contribution in [-0.4, -0.2) is 48.5 Å². The third kappa shape index (κ3) is 4.28. The molecule has 0 atom stereocenters. The number of hydrogen-bond donors (Lipinski definition) is 2. The number of pyridine rings is 1. The topological polar surface area (TPSA) is 95.0 Å². The van der Waals surface area contributed by atoms with Crippen molar-refractivity contribution in [2.75, 3.05) is 32.7 Å². The summed E-state index contributed by atoms with van der Waals surface area (Å²) in [5.41, 5.74) is 13.5. The second kappa shape index (κ2) is 9.21. The Labute approximate surface area is 177 Å². The van der Waals surface area contributed by atoms with Crippen LogP contribution >= 0.6 is 0 Å². The fraction of sp³-hybridized carbons (Fsp3) is 0.375. The average molecular weight is 402 g/mol. The van der Waals surface area contributed by atoms with Crippen molar-refractivity contribution in [1.29, 1.82) is 5.26 Å². The smallest absolute Gasteiger partial charge is 0.234 e. The Bertz CT molecular complexity index is 1010. The molecular weight excluding hydrogens is 374 g/mol. The second-order valence-corrected chi connectivity index (χ2v) is 7.89. The number of benzene rings is 1. The summed E-state index contributed by atoms with van der Waals surface area (Å²) in [4.78, 5) is 19.0. The number of likely N-dealkylation sites (tertiary alicyclic amines) is 1. The maximum Gasteiger partial charge on any atom is 0.234 e. The van der Waals surface area contributed by atoms with Gasteiger partial charge in [0.05, 0.1) is 23.9 Å². The van der Waals surface area contributed by atoms with Gasteiger partial charge >= 0.3 is 0 Å². The molecule has 0 saturated carbocycles. The van der Waals surface area contributed by atoms with Gasteiger partial charge < -0.3 is 11.1 Å². The summed E-state index contributed by atoms with van der Waals surface area (Å²) in [6, 6.07) is 12.5. The molecule has 0 unspecified atom stereocenters. The van der Waals surface area contributed by atoms with E-state index in [-0.39, 0.29) is 5.91 Å². The van der Waals surface area contributed by atoms with Gasteiger partial charge in [-0.3, -0.25) is 14.7 Å². The molecule has 0 radical (unpaired) electrons. The maximum atomic E-state index is 12.0. The third-order valence-electron chi connectivity index (χ3n) is 5.94. The number of nitrogens with two attached hydrogens (primary N) is 1. The number of amides is 1. The molecule has 1 amide bonds. The number of nitrogens with one attached hydrogen (secondary N) is 1. The first-order valence-corrected chi connectivity index (χ1v) is 10.6. The molecule has 30 heavy (non-hydrogen) atoms. The van der Waals surface area contributed by atoms with Gasteiger partial charge in [-0.15, -0.1) is 0 Å². The molecule has 154 valence electrons. The Hall–Kier alpha value is -3.01. The lowest BCUT2D eigenvalue weighted by molar-refractivity contribution is -0.122. The zero-order valence-electron chi connectivity index (χ0n) is 17.2. The van der Waals surface area contributed by atoms with Crippen molar-refractivity contribution in [2.45, 2.75) is 25.7 Å². The fourth-order valence-corrected chi connectivity index (χ4v) is 4.44. The van der Waals surface area contributed by atoms with Gasteiger partial charge in [0.2, 0.25) is 5.91 Å². The van der Waals surface area contributed by atoms with Crippen molar-refractivity contribution in [1.82, 2.24) is 15.2 Å². The van der Waals surface area contributed by atoms with Crippen molar-refractivity contribution < 1.29 is 4.79 Å². The Morgan fingerprint density at radius 2 is 1.97 bits per heavy atom. The average Bonchev–Trinajstić information content (AvgIpc) is 2.94. The van der Waals surface area contributed by atoms with Gasteiger partial charge in [0.1, 0.15) is 0 Å². The summed E-state index contributed by atoms with van der Waals surface area (Å²) in [7, 11) is 0. The number of nitriles is 1. The molecule has 1 aromatic carbocycles. The lowest BCUT2D eigenvalue weighted by Crippen LogP contribution is -2.41. The van der Waals surface area contributed by atoms with Crippen LogP contribution in [0.3, 0.4) is 0 Å². The van der Waals surface area contributed by atoms with Crippen molar-refractivity contribution in [3.05, 3.63) is 70.0 Å². The lowest BCUT2D eigenvalue weighted by atomic mass is 9.88. The number of carbonyl (C=O) groups is 1. The zero-order valence-corrected chi connectivity index (χ0v) is 17.2. The Kier molecular flexibility index (Phi) is 6.22. The van der Waals surface area contributed by atoms with Gasteiger partial charge in [0.15, 0.2) is 0 Å². The number of aromatic nitrogens is 1. The minimum atomic E-state index is 0.0346. The van der Waals surface area contributed by atoms with E-state index in [0.29, 0.717) is 25.2 Å². The van der Waals surface area contributed by atoms with Gasteiger partial charge in [0, 0.05) is 37.9 Å². The van der Waals surface area contributed by atoms with Crippen LogP contribution in [0.5, 0.6) is 0 Å². The normalized spacial score (nSPS) is 16.3. The summed E-state index contributed by atoms with van der Waals surface area (Å²) < 4.78 is 0. The van der Waals surface area contributed by atoms with E-state index in [4.69, 9.17) is 10.7 Å². The zero-order chi connectivity index (χ0) is 20.9. The van der Waals surface area contributed by atoms with E-state index in [1.807, 2.05) is 24.4 Å². The molecule has 2 aliphatic rings. The monoisotopic (exact) mass is 401 g/mol. The summed E-state index contributed by atoms with van der Waals surface area (Å²) in [6.07, 6.45) is 5.53. The maximum absolute atomic E-state index is 12.0. The molecule has 3 N–H and O–H groups in total. The highest BCUT2D eigenvalue weighted by Gasteiger charge is 2.25. The number of carbonyl (C=O) groups excluding carboxylic acids is 1.